The Labute approximate surface area is 174 Å². The third kappa shape index (κ3) is 2.56. The van der Waals surface area contributed by atoms with Crippen molar-refractivity contribution < 1.29 is 18.9 Å². The summed E-state index contributed by atoms with van der Waals surface area (Å²) >= 11 is 0. The van der Waals surface area contributed by atoms with Gasteiger partial charge in [-0.3, -0.25) is 4.79 Å². The van der Waals surface area contributed by atoms with Crippen LogP contribution in [0, 0.1) is 0 Å². The minimum Gasteiger partial charge on any atom is -0.493 e. The molecule has 30 heavy (non-hydrogen) atoms. The second-order valence-electron chi connectivity index (χ2n) is 7.97. The molecule has 3 aromatic rings. The zero-order chi connectivity index (χ0) is 21.0. The topological polar surface area (TPSA) is 58.9 Å². The van der Waals surface area contributed by atoms with E-state index < -0.39 is 11.9 Å². The summed E-state index contributed by atoms with van der Waals surface area (Å²) in [5.41, 5.74) is 3.26. The highest BCUT2D eigenvalue weighted by atomic mass is 16.7. The largest absolute Gasteiger partial charge is 0.493 e. The maximum atomic E-state index is 13.4. The molecule has 0 spiro atoms. The molecule has 0 saturated heterocycles. The van der Waals surface area contributed by atoms with Gasteiger partial charge in [0, 0.05) is 25.3 Å². The number of methoxy groups -OCH3 is 2. The number of para-hydroxylation sites is 1. The van der Waals surface area contributed by atoms with Gasteiger partial charge in [-0.25, -0.2) is 0 Å². The van der Waals surface area contributed by atoms with Gasteiger partial charge < -0.3 is 23.5 Å². The number of aromatic nitrogens is 1. The highest BCUT2D eigenvalue weighted by molar-refractivity contribution is 5.87. The quantitative estimate of drug-likeness (QED) is 0.652. The van der Waals surface area contributed by atoms with E-state index in [2.05, 4.69) is 6.92 Å². The zero-order valence-electron chi connectivity index (χ0n) is 17.7. The van der Waals surface area contributed by atoms with Crippen LogP contribution in [0.2, 0.25) is 0 Å². The zero-order valence-corrected chi connectivity index (χ0v) is 17.7. The Morgan fingerprint density at radius 3 is 2.63 bits per heavy atom. The fraction of sp³-hybridized carbons (Fsp3) is 0.375. The molecule has 0 aliphatic carbocycles. The van der Waals surface area contributed by atoms with E-state index in [0.29, 0.717) is 29.2 Å². The maximum Gasteiger partial charge on any atom is 0.260 e. The first-order valence-corrected chi connectivity index (χ1v) is 10.2. The van der Waals surface area contributed by atoms with Crippen LogP contribution in [0.25, 0.3) is 10.9 Å². The number of benzene rings is 2. The Kier molecular flexibility index (Phi) is 4.29. The molecular formula is C24H25NO5. The first kappa shape index (κ1) is 19.0. The third-order valence-corrected chi connectivity index (χ3v) is 6.19. The molecule has 5 rings (SSSR count). The lowest BCUT2D eigenvalue weighted by Gasteiger charge is -2.46. The summed E-state index contributed by atoms with van der Waals surface area (Å²) in [7, 11) is 5.02. The summed E-state index contributed by atoms with van der Waals surface area (Å²) in [5.74, 6) is 1.11. The van der Waals surface area contributed by atoms with E-state index in [4.69, 9.17) is 18.9 Å². The molecule has 6 heteroatoms. The first-order chi connectivity index (χ1) is 14.5. The number of aryl methyl sites for hydroxylation is 1. The normalized spacial score (nSPS) is 21.5. The van der Waals surface area contributed by atoms with E-state index >= 15 is 0 Å². The predicted molar refractivity (Wildman–Crippen MR) is 114 cm³/mol. The number of fused-ring (bicyclic) bond motifs is 8. The molecule has 6 nitrogen and oxygen atoms in total. The number of rotatable bonds is 4. The SMILES string of the molecule is CCC[C@]12Cc3cc(OC)c(OC)cc3[C@H](O1)c1c(c3ccccc3n(C)c1=O)O2. The summed E-state index contributed by atoms with van der Waals surface area (Å²) in [5, 5.41) is 0.923. The van der Waals surface area contributed by atoms with Crippen LogP contribution in [-0.2, 0) is 18.2 Å². The van der Waals surface area contributed by atoms with Crippen molar-refractivity contribution in [2.45, 2.75) is 38.1 Å². The molecule has 0 unspecified atom stereocenters. The smallest absolute Gasteiger partial charge is 0.260 e. The van der Waals surface area contributed by atoms with Crippen molar-refractivity contribution in [1.29, 1.82) is 0 Å². The van der Waals surface area contributed by atoms with Crippen molar-refractivity contribution in [3.05, 3.63) is 63.4 Å². The molecule has 0 fully saturated rings. The van der Waals surface area contributed by atoms with Gasteiger partial charge in [-0.05, 0) is 41.8 Å². The number of ether oxygens (including phenoxy) is 4. The molecule has 156 valence electrons. The number of hydrogen-bond donors (Lipinski definition) is 0. The van der Waals surface area contributed by atoms with Crippen LogP contribution in [-0.4, -0.2) is 24.6 Å². The van der Waals surface area contributed by atoms with Gasteiger partial charge in [-0.15, -0.1) is 0 Å². The molecule has 3 heterocycles. The summed E-state index contributed by atoms with van der Waals surface area (Å²) in [6.07, 6.45) is 1.68. The molecule has 0 radical (unpaired) electrons. The minimum atomic E-state index is -0.811. The van der Waals surface area contributed by atoms with E-state index in [0.717, 1.165) is 34.9 Å². The van der Waals surface area contributed by atoms with Crippen LogP contribution in [0.3, 0.4) is 0 Å². The Morgan fingerprint density at radius 2 is 1.90 bits per heavy atom. The highest BCUT2D eigenvalue weighted by Gasteiger charge is 2.49. The van der Waals surface area contributed by atoms with Crippen molar-refractivity contribution in [1.82, 2.24) is 4.57 Å². The summed E-state index contributed by atoms with van der Waals surface area (Å²) < 4.78 is 25.8. The molecule has 2 aliphatic heterocycles. The Balaban J connectivity index is 1.84. The van der Waals surface area contributed by atoms with Crippen LogP contribution in [0.1, 0.15) is 42.6 Å². The van der Waals surface area contributed by atoms with E-state index in [1.165, 1.54) is 0 Å². The third-order valence-electron chi connectivity index (χ3n) is 6.19. The molecule has 2 atom stereocenters. The summed E-state index contributed by atoms with van der Waals surface area (Å²) in [6.45, 7) is 2.11. The van der Waals surface area contributed by atoms with Gasteiger partial charge >= 0.3 is 0 Å². The Bertz CT molecular complexity index is 1210. The minimum absolute atomic E-state index is 0.110. The molecule has 2 bridgehead atoms. The van der Waals surface area contributed by atoms with E-state index in [1.54, 1.807) is 25.8 Å². The van der Waals surface area contributed by atoms with Gasteiger partial charge in [0.1, 0.15) is 11.9 Å². The van der Waals surface area contributed by atoms with Gasteiger partial charge in [-0.2, -0.15) is 0 Å². The second kappa shape index (κ2) is 6.77. The molecule has 0 amide bonds. The Morgan fingerprint density at radius 1 is 1.17 bits per heavy atom. The van der Waals surface area contributed by atoms with Gasteiger partial charge in [0.25, 0.3) is 5.56 Å². The Hall–Kier alpha value is -2.99. The fourth-order valence-electron chi connectivity index (χ4n) is 4.82. The lowest BCUT2D eigenvalue weighted by atomic mass is 9.85. The predicted octanol–water partition coefficient (Wildman–Crippen LogP) is 4.11. The average molecular weight is 407 g/mol. The van der Waals surface area contributed by atoms with E-state index in [1.807, 2.05) is 36.4 Å². The van der Waals surface area contributed by atoms with Gasteiger partial charge in [0.2, 0.25) is 5.79 Å². The van der Waals surface area contributed by atoms with Gasteiger partial charge in [0.05, 0.1) is 25.3 Å². The van der Waals surface area contributed by atoms with Crippen molar-refractivity contribution in [3.8, 4) is 17.2 Å². The van der Waals surface area contributed by atoms with E-state index in [-0.39, 0.29) is 5.56 Å². The second-order valence-corrected chi connectivity index (χ2v) is 7.97. The van der Waals surface area contributed by atoms with Crippen LogP contribution in [0.5, 0.6) is 17.2 Å². The molecular weight excluding hydrogens is 382 g/mol. The maximum absolute atomic E-state index is 13.4. The summed E-state index contributed by atoms with van der Waals surface area (Å²) in [4.78, 5) is 13.4. The lowest BCUT2D eigenvalue weighted by molar-refractivity contribution is -0.231. The van der Waals surface area contributed by atoms with Crippen LogP contribution in [0.15, 0.2) is 41.2 Å². The fourth-order valence-corrected chi connectivity index (χ4v) is 4.82. The number of nitrogens with zero attached hydrogens (tertiary/aromatic N) is 1. The molecule has 1 aromatic heterocycles. The average Bonchev–Trinajstić information content (AvgIpc) is 2.76. The van der Waals surface area contributed by atoms with Crippen LogP contribution in [0.4, 0.5) is 0 Å². The first-order valence-electron chi connectivity index (χ1n) is 10.2. The van der Waals surface area contributed by atoms with Crippen LogP contribution < -0.4 is 19.8 Å². The molecule has 2 aliphatic rings. The van der Waals surface area contributed by atoms with E-state index in [9.17, 15) is 4.79 Å². The number of hydrogen-bond acceptors (Lipinski definition) is 5. The summed E-state index contributed by atoms with van der Waals surface area (Å²) in [6, 6.07) is 11.8. The van der Waals surface area contributed by atoms with Crippen molar-refractivity contribution >= 4 is 10.9 Å². The standard InChI is InChI=1S/C24H25NO5/c1-5-10-24-13-14-11-18(27-3)19(28-4)12-16(14)22(30-24)20-21(29-24)15-8-6-7-9-17(15)25(2)23(20)26/h6-9,11-12,22H,5,10,13H2,1-4H3/t22-,24+/m0/s1. The molecule has 0 N–H and O–H groups in total. The van der Waals surface area contributed by atoms with Crippen molar-refractivity contribution in [2.75, 3.05) is 14.2 Å². The van der Waals surface area contributed by atoms with Gasteiger partial charge in [-0.1, -0.05) is 19.1 Å². The lowest BCUT2D eigenvalue weighted by Crippen LogP contribution is -2.50. The highest BCUT2D eigenvalue weighted by Crippen LogP contribution is 2.52. The molecule has 0 saturated carbocycles. The van der Waals surface area contributed by atoms with Crippen molar-refractivity contribution in [3.63, 3.8) is 0 Å². The molecule has 2 aromatic carbocycles. The van der Waals surface area contributed by atoms with Gasteiger partial charge in [0.15, 0.2) is 11.5 Å². The van der Waals surface area contributed by atoms with Crippen molar-refractivity contribution in [2.24, 2.45) is 7.05 Å². The number of pyridine rings is 1. The monoisotopic (exact) mass is 407 g/mol. The van der Waals surface area contributed by atoms with Crippen LogP contribution >= 0.6 is 0 Å².